The minimum atomic E-state index is -0.441. The summed E-state index contributed by atoms with van der Waals surface area (Å²) < 4.78 is 12.6. The Balaban J connectivity index is 0.000000845. The maximum absolute atomic E-state index is 12.6. The van der Waals surface area contributed by atoms with Crippen molar-refractivity contribution in [3.8, 4) is 0 Å². The second-order valence-corrected chi connectivity index (χ2v) is 3.25. The highest BCUT2D eigenvalue weighted by Gasteiger charge is 2.30. The average molecular weight is 239 g/mol. The lowest BCUT2D eigenvalue weighted by molar-refractivity contribution is 0.548. The topological polar surface area (TPSA) is 38.9 Å². The molecule has 5 heteroatoms. The van der Waals surface area contributed by atoms with Gasteiger partial charge in [-0.1, -0.05) is 6.07 Å². The van der Waals surface area contributed by atoms with Gasteiger partial charge in [-0.15, -0.1) is 24.8 Å². The Labute approximate surface area is 94.9 Å². The van der Waals surface area contributed by atoms with Gasteiger partial charge in [0, 0.05) is 6.04 Å². The van der Waals surface area contributed by atoms with Crippen LogP contribution in [0.3, 0.4) is 0 Å². The zero-order valence-electron chi connectivity index (χ0n) is 7.52. The fourth-order valence-electron chi connectivity index (χ4n) is 1.31. The summed E-state index contributed by atoms with van der Waals surface area (Å²) in [4.78, 5) is 3.74. The van der Waals surface area contributed by atoms with Gasteiger partial charge in [0.1, 0.15) is 0 Å². The third-order valence-electron chi connectivity index (χ3n) is 2.21. The molecular weight excluding hydrogens is 226 g/mol. The van der Waals surface area contributed by atoms with Crippen LogP contribution in [0.5, 0.6) is 0 Å². The van der Waals surface area contributed by atoms with E-state index in [0.717, 1.165) is 12.8 Å². The number of pyridine rings is 1. The molecule has 0 bridgehead atoms. The standard InChI is InChI=1S/C9H11FN2.2ClH/c10-8-3-1-2-7(12-8)9(11)6-4-5-6;;/h1-3,6,9H,4-5,11H2;2*1H/t9-;;/m1../s1. The lowest BCUT2D eigenvalue weighted by Crippen LogP contribution is -2.14. The summed E-state index contributed by atoms with van der Waals surface area (Å²) in [6.07, 6.45) is 2.30. The number of nitrogens with two attached hydrogens (primary N) is 1. The fourth-order valence-corrected chi connectivity index (χ4v) is 1.31. The molecule has 2 rings (SSSR count). The van der Waals surface area contributed by atoms with Crippen LogP contribution in [0, 0.1) is 11.9 Å². The van der Waals surface area contributed by atoms with Gasteiger partial charge in [-0.25, -0.2) is 4.98 Å². The Morgan fingerprint density at radius 1 is 1.36 bits per heavy atom. The smallest absolute Gasteiger partial charge is 0.213 e. The van der Waals surface area contributed by atoms with Crippen LogP contribution in [0.2, 0.25) is 0 Å². The summed E-state index contributed by atoms with van der Waals surface area (Å²) in [5.41, 5.74) is 6.52. The fraction of sp³-hybridized carbons (Fsp3) is 0.444. The summed E-state index contributed by atoms with van der Waals surface area (Å²) in [5, 5.41) is 0. The van der Waals surface area contributed by atoms with Gasteiger partial charge in [0.15, 0.2) is 0 Å². The number of aromatic nitrogens is 1. The van der Waals surface area contributed by atoms with Crippen LogP contribution in [0.1, 0.15) is 24.6 Å². The van der Waals surface area contributed by atoms with Crippen LogP contribution in [0.25, 0.3) is 0 Å². The van der Waals surface area contributed by atoms with Gasteiger partial charge in [0.2, 0.25) is 5.95 Å². The molecule has 0 spiro atoms. The van der Waals surface area contributed by atoms with Gasteiger partial charge in [-0.05, 0) is 30.9 Å². The summed E-state index contributed by atoms with van der Waals surface area (Å²) in [6, 6.07) is 4.70. The van der Waals surface area contributed by atoms with Crippen molar-refractivity contribution in [1.29, 1.82) is 0 Å². The molecule has 1 aromatic rings. The van der Waals surface area contributed by atoms with Crippen LogP contribution >= 0.6 is 24.8 Å². The monoisotopic (exact) mass is 238 g/mol. The Bertz CT molecular complexity index is 292. The van der Waals surface area contributed by atoms with E-state index >= 15 is 0 Å². The first-order valence-corrected chi connectivity index (χ1v) is 4.15. The quantitative estimate of drug-likeness (QED) is 0.805. The minimum Gasteiger partial charge on any atom is -0.322 e. The van der Waals surface area contributed by atoms with E-state index in [2.05, 4.69) is 4.98 Å². The van der Waals surface area contributed by atoms with E-state index in [0.29, 0.717) is 11.6 Å². The number of hydrogen-bond donors (Lipinski definition) is 1. The third-order valence-corrected chi connectivity index (χ3v) is 2.21. The SMILES string of the molecule is Cl.Cl.N[C@@H](c1cccc(F)n1)C1CC1. The van der Waals surface area contributed by atoms with E-state index in [1.54, 1.807) is 12.1 Å². The maximum atomic E-state index is 12.6. The van der Waals surface area contributed by atoms with Crippen LogP contribution < -0.4 is 5.73 Å². The van der Waals surface area contributed by atoms with Crippen molar-refractivity contribution in [3.63, 3.8) is 0 Å². The highest BCUT2D eigenvalue weighted by Crippen LogP contribution is 2.38. The molecular formula is C9H13Cl2FN2. The van der Waals surface area contributed by atoms with E-state index in [-0.39, 0.29) is 30.9 Å². The first-order valence-electron chi connectivity index (χ1n) is 4.15. The molecule has 1 aromatic heterocycles. The van der Waals surface area contributed by atoms with Crippen LogP contribution in [0.4, 0.5) is 4.39 Å². The molecule has 0 aromatic carbocycles. The van der Waals surface area contributed by atoms with Crippen molar-refractivity contribution in [2.75, 3.05) is 0 Å². The van der Waals surface area contributed by atoms with E-state index < -0.39 is 5.95 Å². The second-order valence-electron chi connectivity index (χ2n) is 3.25. The predicted octanol–water partition coefficient (Wildman–Crippen LogP) is 2.47. The molecule has 80 valence electrons. The number of halogens is 3. The van der Waals surface area contributed by atoms with E-state index in [9.17, 15) is 4.39 Å². The zero-order chi connectivity index (χ0) is 8.55. The lowest BCUT2D eigenvalue weighted by atomic mass is 10.1. The van der Waals surface area contributed by atoms with E-state index in [1.807, 2.05) is 0 Å². The second kappa shape index (κ2) is 5.49. The van der Waals surface area contributed by atoms with Crippen molar-refractivity contribution >= 4 is 24.8 Å². The van der Waals surface area contributed by atoms with E-state index in [4.69, 9.17) is 5.73 Å². The Kier molecular flexibility index (Phi) is 5.34. The molecule has 2 N–H and O–H groups in total. The zero-order valence-corrected chi connectivity index (χ0v) is 9.15. The normalized spacial score (nSPS) is 16.4. The van der Waals surface area contributed by atoms with Gasteiger partial charge >= 0.3 is 0 Å². The summed E-state index contributed by atoms with van der Waals surface area (Å²) in [5.74, 6) is 0.0860. The molecule has 1 atom stereocenters. The van der Waals surface area contributed by atoms with Crippen LogP contribution in [-0.4, -0.2) is 4.98 Å². The van der Waals surface area contributed by atoms with Crippen molar-refractivity contribution in [2.45, 2.75) is 18.9 Å². The Morgan fingerprint density at radius 2 is 2.00 bits per heavy atom. The van der Waals surface area contributed by atoms with Gasteiger partial charge in [0.05, 0.1) is 5.69 Å². The van der Waals surface area contributed by atoms with Gasteiger partial charge in [0.25, 0.3) is 0 Å². The molecule has 2 nitrogen and oxygen atoms in total. The van der Waals surface area contributed by atoms with Crippen LogP contribution in [-0.2, 0) is 0 Å². The highest BCUT2D eigenvalue weighted by atomic mass is 35.5. The molecule has 1 aliphatic rings. The largest absolute Gasteiger partial charge is 0.322 e. The molecule has 0 radical (unpaired) electrons. The average Bonchev–Trinajstić information content (AvgIpc) is 2.85. The van der Waals surface area contributed by atoms with Crippen molar-refractivity contribution < 1.29 is 4.39 Å². The predicted molar refractivity (Wildman–Crippen MR) is 58.3 cm³/mol. The first-order chi connectivity index (χ1) is 5.77. The minimum absolute atomic E-state index is 0. The molecule has 1 fully saturated rings. The van der Waals surface area contributed by atoms with Crippen LogP contribution in [0.15, 0.2) is 18.2 Å². The molecule has 1 saturated carbocycles. The molecule has 1 heterocycles. The molecule has 0 amide bonds. The molecule has 0 aliphatic heterocycles. The highest BCUT2D eigenvalue weighted by molar-refractivity contribution is 5.85. The molecule has 14 heavy (non-hydrogen) atoms. The molecule has 0 unspecified atom stereocenters. The Hall–Kier alpha value is -0.380. The number of nitrogens with zero attached hydrogens (tertiary/aromatic N) is 1. The maximum Gasteiger partial charge on any atom is 0.213 e. The summed E-state index contributed by atoms with van der Waals surface area (Å²) in [7, 11) is 0. The van der Waals surface area contributed by atoms with Gasteiger partial charge in [-0.2, -0.15) is 4.39 Å². The van der Waals surface area contributed by atoms with Gasteiger partial charge in [-0.3, -0.25) is 0 Å². The lowest BCUT2D eigenvalue weighted by Gasteiger charge is -2.08. The summed E-state index contributed by atoms with van der Waals surface area (Å²) in [6.45, 7) is 0. The van der Waals surface area contributed by atoms with Crippen molar-refractivity contribution in [1.82, 2.24) is 4.98 Å². The Morgan fingerprint density at radius 3 is 2.50 bits per heavy atom. The number of hydrogen-bond acceptors (Lipinski definition) is 2. The van der Waals surface area contributed by atoms with Crippen molar-refractivity contribution in [2.24, 2.45) is 11.7 Å². The molecule has 0 saturated heterocycles. The first kappa shape index (κ1) is 13.6. The molecule has 1 aliphatic carbocycles. The number of rotatable bonds is 2. The third kappa shape index (κ3) is 3.08. The van der Waals surface area contributed by atoms with Gasteiger partial charge < -0.3 is 5.73 Å². The summed E-state index contributed by atoms with van der Waals surface area (Å²) >= 11 is 0. The van der Waals surface area contributed by atoms with Crippen molar-refractivity contribution in [3.05, 3.63) is 29.8 Å². The van der Waals surface area contributed by atoms with E-state index in [1.165, 1.54) is 6.07 Å².